The topological polar surface area (TPSA) is 63.8 Å². The fourth-order valence-corrected chi connectivity index (χ4v) is 1.67. The summed E-state index contributed by atoms with van der Waals surface area (Å²) in [5.74, 6) is -1.13. The second kappa shape index (κ2) is 5.26. The van der Waals surface area contributed by atoms with Gasteiger partial charge in [0, 0.05) is 12.7 Å². The average Bonchev–Trinajstić information content (AvgIpc) is 2.34. The van der Waals surface area contributed by atoms with E-state index >= 15 is 0 Å². The van der Waals surface area contributed by atoms with Gasteiger partial charge in [-0.15, -0.1) is 0 Å². The Hall–Kier alpha value is -1.76. The highest BCUT2D eigenvalue weighted by Gasteiger charge is 2.05. The monoisotopic (exact) mass is 314 g/mol. The predicted octanol–water partition coefficient (Wildman–Crippen LogP) is 2.71. The van der Waals surface area contributed by atoms with Gasteiger partial charge in [-0.3, -0.25) is 0 Å². The standard InChI is InChI=1S/C11H9BrF2N4/c12-7-5-17-11(15)18-10(7)16-4-6-1-2-8(13)9(14)3-6/h1-3,5H,4H2,(H3,15,16,17,18). The summed E-state index contributed by atoms with van der Waals surface area (Å²) < 4.78 is 26.4. The summed E-state index contributed by atoms with van der Waals surface area (Å²) in [5, 5.41) is 2.95. The molecule has 0 radical (unpaired) electrons. The summed E-state index contributed by atoms with van der Waals surface area (Å²) in [4.78, 5) is 7.76. The molecule has 2 rings (SSSR count). The Bertz CT molecular complexity index is 577. The molecule has 0 saturated heterocycles. The lowest BCUT2D eigenvalue weighted by atomic mass is 10.2. The van der Waals surface area contributed by atoms with Crippen LogP contribution in [0.15, 0.2) is 28.9 Å². The minimum Gasteiger partial charge on any atom is -0.368 e. The summed E-state index contributed by atoms with van der Waals surface area (Å²) in [5.41, 5.74) is 6.04. The van der Waals surface area contributed by atoms with Crippen LogP contribution in [-0.4, -0.2) is 9.97 Å². The molecule has 0 bridgehead atoms. The number of anilines is 2. The smallest absolute Gasteiger partial charge is 0.221 e. The maximum atomic E-state index is 13.0. The highest BCUT2D eigenvalue weighted by Crippen LogP contribution is 2.20. The molecule has 94 valence electrons. The number of hydrogen-bond donors (Lipinski definition) is 2. The zero-order valence-electron chi connectivity index (χ0n) is 9.12. The van der Waals surface area contributed by atoms with Crippen LogP contribution >= 0.6 is 15.9 Å². The Morgan fingerprint density at radius 3 is 2.78 bits per heavy atom. The van der Waals surface area contributed by atoms with Crippen LogP contribution in [0.3, 0.4) is 0 Å². The minimum absolute atomic E-state index is 0.131. The Labute approximate surface area is 110 Å². The first-order valence-electron chi connectivity index (χ1n) is 5.02. The van der Waals surface area contributed by atoms with Gasteiger partial charge in [0.1, 0.15) is 5.82 Å². The molecule has 0 aliphatic carbocycles. The third-order valence-corrected chi connectivity index (χ3v) is 2.79. The van der Waals surface area contributed by atoms with E-state index in [-0.39, 0.29) is 5.95 Å². The second-order valence-electron chi connectivity index (χ2n) is 3.53. The van der Waals surface area contributed by atoms with Crippen molar-refractivity contribution in [3.05, 3.63) is 46.1 Å². The van der Waals surface area contributed by atoms with Crippen LogP contribution in [0.25, 0.3) is 0 Å². The molecule has 18 heavy (non-hydrogen) atoms. The summed E-state index contributed by atoms with van der Waals surface area (Å²) in [7, 11) is 0. The van der Waals surface area contributed by atoms with Crippen molar-refractivity contribution in [1.29, 1.82) is 0 Å². The first kappa shape index (κ1) is 12.7. The van der Waals surface area contributed by atoms with Gasteiger partial charge >= 0.3 is 0 Å². The van der Waals surface area contributed by atoms with Crippen LogP contribution in [0.2, 0.25) is 0 Å². The van der Waals surface area contributed by atoms with Crippen molar-refractivity contribution in [3.63, 3.8) is 0 Å². The SMILES string of the molecule is Nc1ncc(Br)c(NCc2ccc(F)c(F)c2)n1. The van der Waals surface area contributed by atoms with Gasteiger partial charge in [0.15, 0.2) is 11.6 Å². The lowest BCUT2D eigenvalue weighted by molar-refractivity contribution is 0.507. The maximum Gasteiger partial charge on any atom is 0.221 e. The normalized spacial score (nSPS) is 10.4. The Balaban J connectivity index is 2.11. The van der Waals surface area contributed by atoms with Gasteiger partial charge < -0.3 is 11.1 Å². The molecule has 0 fully saturated rings. The average molecular weight is 315 g/mol. The van der Waals surface area contributed by atoms with Crippen molar-refractivity contribution in [2.24, 2.45) is 0 Å². The third-order valence-electron chi connectivity index (χ3n) is 2.21. The fraction of sp³-hybridized carbons (Fsp3) is 0.0909. The largest absolute Gasteiger partial charge is 0.368 e. The highest BCUT2D eigenvalue weighted by atomic mass is 79.9. The summed E-state index contributed by atoms with van der Waals surface area (Å²) in [6.07, 6.45) is 1.51. The lowest BCUT2D eigenvalue weighted by Crippen LogP contribution is -2.05. The molecule has 0 saturated carbocycles. The van der Waals surface area contributed by atoms with Crippen molar-refractivity contribution >= 4 is 27.7 Å². The number of nitrogens with two attached hydrogens (primary N) is 1. The zero-order chi connectivity index (χ0) is 13.1. The highest BCUT2D eigenvalue weighted by molar-refractivity contribution is 9.10. The summed E-state index contributed by atoms with van der Waals surface area (Å²) >= 11 is 3.25. The lowest BCUT2D eigenvalue weighted by Gasteiger charge is -2.08. The third kappa shape index (κ3) is 2.92. The summed E-state index contributed by atoms with van der Waals surface area (Å²) in [6, 6.07) is 3.69. The van der Waals surface area contributed by atoms with E-state index in [0.29, 0.717) is 22.4 Å². The van der Waals surface area contributed by atoms with E-state index in [9.17, 15) is 8.78 Å². The van der Waals surface area contributed by atoms with Crippen LogP contribution < -0.4 is 11.1 Å². The van der Waals surface area contributed by atoms with Crippen LogP contribution in [0.4, 0.5) is 20.5 Å². The van der Waals surface area contributed by atoms with Crippen LogP contribution in [0, 0.1) is 11.6 Å². The first-order valence-corrected chi connectivity index (χ1v) is 5.81. The van der Waals surface area contributed by atoms with Crippen LogP contribution in [0.5, 0.6) is 0 Å². The van der Waals surface area contributed by atoms with Crippen molar-refractivity contribution in [3.8, 4) is 0 Å². The van der Waals surface area contributed by atoms with E-state index < -0.39 is 11.6 Å². The first-order chi connectivity index (χ1) is 8.56. The minimum atomic E-state index is -0.879. The van der Waals surface area contributed by atoms with Crippen LogP contribution in [0.1, 0.15) is 5.56 Å². The molecule has 0 atom stereocenters. The fourth-order valence-electron chi connectivity index (χ4n) is 1.34. The molecular formula is C11H9BrF2N4. The molecule has 7 heteroatoms. The second-order valence-corrected chi connectivity index (χ2v) is 4.38. The molecule has 3 N–H and O–H groups in total. The van der Waals surface area contributed by atoms with E-state index in [0.717, 1.165) is 12.1 Å². The van der Waals surface area contributed by atoms with Gasteiger partial charge in [0.25, 0.3) is 0 Å². The molecule has 0 spiro atoms. The van der Waals surface area contributed by atoms with Gasteiger partial charge in [0.2, 0.25) is 5.95 Å². The van der Waals surface area contributed by atoms with Crippen LogP contribution in [-0.2, 0) is 6.54 Å². The van der Waals surface area contributed by atoms with Gasteiger partial charge in [-0.1, -0.05) is 6.07 Å². The Kier molecular flexibility index (Phi) is 3.71. The molecule has 2 aromatic rings. The zero-order valence-corrected chi connectivity index (χ0v) is 10.7. The summed E-state index contributed by atoms with van der Waals surface area (Å²) in [6.45, 7) is 0.298. The van der Waals surface area contributed by atoms with E-state index in [4.69, 9.17) is 5.73 Å². The van der Waals surface area contributed by atoms with E-state index in [1.54, 1.807) is 0 Å². The van der Waals surface area contributed by atoms with E-state index in [1.165, 1.54) is 12.3 Å². The number of aromatic nitrogens is 2. The molecule has 1 aromatic carbocycles. The maximum absolute atomic E-state index is 13.0. The van der Waals surface area contributed by atoms with E-state index in [1.807, 2.05) is 0 Å². The van der Waals surface area contributed by atoms with Gasteiger partial charge in [-0.05, 0) is 33.6 Å². The van der Waals surface area contributed by atoms with Crippen molar-refractivity contribution in [2.45, 2.75) is 6.54 Å². The van der Waals surface area contributed by atoms with Gasteiger partial charge in [-0.2, -0.15) is 4.98 Å². The van der Waals surface area contributed by atoms with Crippen molar-refractivity contribution < 1.29 is 8.78 Å². The molecule has 1 aromatic heterocycles. The van der Waals surface area contributed by atoms with Crippen molar-refractivity contribution in [2.75, 3.05) is 11.1 Å². The Morgan fingerprint density at radius 2 is 2.06 bits per heavy atom. The number of nitrogen functional groups attached to an aromatic ring is 1. The predicted molar refractivity (Wildman–Crippen MR) is 67.8 cm³/mol. The number of hydrogen-bond acceptors (Lipinski definition) is 4. The number of halogens is 3. The van der Waals surface area contributed by atoms with Gasteiger partial charge in [-0.25, -0.2) is 13.8 Å². The van der Waals surface area contributed by atoms with E-state index in [2.05, 4.69) is 31.2 Å². The van der Waals surface area contributed by atoms with Gasteiger partial charge in [0.05, 0.1) is 4.47 Å². The number of rotatable bonds is 3. The van der Waals surface area contributed by atoms with Crippen molar-refractivity contribution in [1.82, 2.24) is 9.97 Å². The quantitative estimate of drug-likeness (QED) is 0.914. The number of nitrogens with zero attached hydrogens (tertiary/aromatic N) is 2. The molecular weight excluding hydrogens is 306 g/mol. The number of nitrogens with one attached hydrogen (secondary N) is 1. The molecule has 1 heterocycles. The molecule has 0 aliphatic rings. The molecule has 0 amide bonds. The molecule has 0 unspecified atom stereocenters. The molecule has 4 nitrogen and oxygen atoms in total. The molecule has 0 aliphatic heterocycles. The number of benzene rings is 1. The Morgan fingerprint density at radius 1 is 1.28 bits per heavy atom.